The van der Waals surface area contributed by atoms with Gasteiger partial charge in [-0.15, -0.1) is 0 Å². The minimum absolute atomic E-state index is 0.137. The van der Waals surface area contributed by atoms with E-state index in [2.05, 4.69) is 9.97 Å². The van der Waals surface area contributed by atoms with Crippen molar-refractivity contribution in [1.29, 1.82) is 0 Å². The van der Waals surface area contributed by atoms with E-state index in [1.807, 2.05) is 12.1 Å². The molecule has 4 heteroatoms. The molecule has 2 aromatic heterocycles. The number of hydrogen-bond donors (Lipinski definition) is 1. The Morgan fingerprint density at radius 1 is 1.32 bits per heavy atom. The van der Waals surface area contributed by atoms with Crippen LogP contribution >= 0.6 is 0 Å². The normalized spacial score (nSPS) is 19.8. The van der Waals surface area contributed by atoms with Crippen molar-refractivity contribution < 1.29 is 9.50 Å². The maximum atomic E-state index is 13.7. The van der Waals surface area contributed by atoms with Crippen LogP contribution in [0.3, 0.4) is 0 Å². The summed E-state index contributed by atoms with van der Waals surface area (Å²) in [6.45, 7) is 0. The van der Waals surface area contributed by atoms with E-state index in [9.17, 15) is 9.50 Å². The molecule has 0 amide bonds. The highest BCUT2D eigenvalue weighted by molar-refractivity contribution is 5.30. The highest BCUT2D eigenvalue weighted by atomic mass is 19.1. The fraction of sp³-hybridized carbons (Fsp3) is 0.333. The molecule has 0 bridgehead atoms. The third-order valence-corrected chi connectivity index (χ3v) is 3.74. The summed E-state index contributed by atoms with van der Waals surface area (Å²) in [6.07, 6.45) is 6.31. The third kappa shape index (κ3) is 2.24. The first-order valence-electron chi connectivity index (χ1n) is 6.48. The number of aryl methyl sites for hydroxylation is 1. The molecule has 1 N–H and O–H groups in total. The van der Waals surface area contributed by atoms with E-state index in [-0.39, 0.29) is 5.92 Å². The van der Waals surface area contributed by atoms with Gasteiger partial charge in [0.15, 0.2) is 0 Å². The topological polar surface area (TPSA) is 46.0 Å². The lowest BCUT2D eigenvalue weighted by Gasteiger charge is -2.28. The van der Waals surface area contributed by atoms with Crippen LogP contribution < -0.4 is 0 Å². The van der Waals surface area contributed by atoms with Gasteiger partial charge in [-0.05, 0) is 37.0 Å². The summed E-state index contributed by atoms with van der Waals surface area (Å²) in [5.41, 5.74) is 2.36. The Morgan fingerprint density at radius 3 is 3.05 bits per heavy atom. The molecule has 0 saturated heterocycles. The van der Waals surface area contributed by atoms with E-state index in [1.54, 1.807) is 6.20 Å². The van der Waals surface area contributed by atoms with Crippen LogP contribution in [0, 0.1) is 5.82 Å². The summed E-state index contributed by atoms with van der Waals surface area (Å²) in [4.78, 5) is 8.09. The molecule has 0 saturated carbocycles. The third-order valence-electron chi connectivity index (χ3n) is 3.74. The van der Waals surface area contributed by atoms with E-state index >= 15 is 0 Å². The molecular formula is C15H15FN2O. The van der Waals surface area contributed by atoms with Crippen LogP contribution in [-0.4, -0.2) is 15.1 Å². The van der Waals surface area contributed by atoms with Crippen LogP contribution in [0.25, 0.3) is 0 Å². The smallest absolute Gasteiger partial charge is 0.147 e. The Labute approximate surface area is 111 Å². The van der Waals surface area contributed by atoms with Gasteiger partial charge >= 0.3 is 0 Å². The summed E-state index contributed by atoms with van der Waals surface area (Å²) in [6, 6.07) is 5.47. The van der Waals surface area contributed by atoms with Crippen LogP contribution in [0.5, 0.6) is 0 Å². The first-order valence-corrected chi connectivity index (χ1v) is 6.48. The summed E-state index contributed by atoms with van der Waals surface area (Å²) in [5, 5.41) is 10.5. The van der Waals surface area contributed by atoms with Gasteiger partial charge in [0, 0.05) is 29.6 Å². The number of nitrogens with zero attached hydrogens (tertiary/aromatic N) is 2. The highest BCUT2D eigenvalue weighted by Gasteiger charge is 2.30. The molecular weight excluding hydrogens is 243 g/mol. The second-order valence-electron chi connectivity index (χ2n) is 4.89. The molecule has 0 radical (unpaired) electrons. The lowest BCUT2D eigenvalue weighted by Crippen LogP contribution is -2.19. The van der Waals surface area contributed by atoms with Crippen molar-refractivity contribution in [1.82, 2.24) is 9.97 Å². The minimum Gasteiger partial charge on any atom is -0.388 e. The van der Waals surface area contributed by atoms with Crippen molar-refractivity contribution >= 4 is 0 Å². The molecule has 0 spiro atoms. The van der Waals surface area contributed by atoms with Crippen LogP contribution in [-0.2, 0) is 6.42 Å². The molecule has 2 aromatic rings. The van der Waals surface area contributed by atoms with Crippen molar-refractivity contribution in [2.75, 3.05) is 0 Å². The molecule has 0 aliphatic heterocycles. The summed E-state index contributed by atoms with van der Waals surface area (Å²) in [5.74, 6) is -0.597. The van der Waals surface area contributed by atoms with Crippen molar-refractivity contribution in [2.24, 2.45) is 0 Å². The van der Waals surface area contributed by atoms with Crippen LogP contribution in [0.4, 0.5) is 4.39 Å². The number of halogens is 1. The largest absolute Gasteiger partial charge is 0.388 e. The molecule has 0 aromatic carbocycles. The SMILES string of the molecule is OC(c1ccncc1F)C1CCCc2cccnc21. The molecule has 0 fully saturated rings. The first kappa shape index (κ1) is 12.2. The number of fused-ring (bicyclic) bond motifs is 1. The van der Waals surface area contributed by atoms with Crippen molar-refractivity contribution in [2.45, 2.75) is 31.3 Å². The van der Waals surface area contributed by atoms with E-state index in [4.69, 9.17) is 0 Å². The van der Waals surface area contributed by atoms with Crippen molar-refractivity contribution in [3.63, 3.8) is 0 Å². The molecule has 3 nitrogen and oxygen atoms in total. The predicted octanol–water partition coefficient (Wildman–Crippen LogP) is 2.77. The summed E-state index contributed by atoms with van der Waals surface area (Å²) >= 11 is 0. The second-order valence-corrected chi connectivity index (χ2v) is 4.89. The lowest BCUT2D eigenvalue weighted by atomic mass is 9.81. The number of rotatable bonds is 2. The molecule has 2 atom stereocenters. The monoisotopic (exact) mass is 258 g/mol. The Hall–Kier alpha value is -1.81. The predicted molar refractivity (Wildman–Crippen MR) is 69.1 cm³/mol. The van der Waals surface area contributed by atoms with Gasteiger partial charge < -0.3 is 5.11 Å². The van der Waals surface area contributed by atoms with Crippen molar-refractivity contribution in [3.8, 4) is 0 Å². The molecule has 98 valence electrons. The summed E-state index contributed by atoms with van der Waals surface area (Å²) < 4.78 is 13.7. The average molecular weight is 258 g/mol. The second kappa shape index (κ2) is 5.05. The van der Waals surface area contributed by atoms with Crippen LogP contribution in [0.15, 0.2) is 36.8 Å². The maximum absolute atomic E-state index is 13.7. The van der Waals surface area contributed by atoms with E-state index < -0.39 is 11.9 Å². The Kier molecular flexibility index (Phi) is 3.25. The minimum atomic E-state index is -0.864. The molecule has 1 aliphatic rings. The zero-order chi connectivity index (χ0) is 13.2. The van der Waals surface area contributed by atoms with Gasteiger partial charge in [-0.25, -0.2) is 4.39 Å². The van der Waals surface area contributed by atoms with E-state index in [0.717, 1.165) is 36.7 Å². The molecule has 2 unspecified atom stereocenters. The molecule has 3 rings (SSSR count). The number of hydrogen-bond acceptors (Lipinski definition) is 3. The molecule has 1 aliphatic carbocycles. The zero-order valence-corrected chi connectivity index (χ0v) is 10.5. The van der Waals surface area contributed by atoms with Crippen LogP contribution in [0.2, 0.25) is 0 Å². The van der Waals surface area contributed by atoms with E-state index in [1.165, 1.54) is 12.3 Å². The van der Waals surface area contributed by atoms with Gasteiger partial charge in [-0.3, -0.25) is 9.97 Å². The maximum Gasteiger partial charge on any atom is 0.147 e. The van der Waals surface area contributed by atoms with Gasteiger partial charge in [0.25, 0.3) is 0 Å². The van der Waals surface area contributed by atoms with Gasteiger partial charge in [0.1, 0.15) is 5.82 Å². The fourth-order valence-electron chi connectivity index (χ4n) is 2.80. The highest BCUT2D eigenvalue weighted by Crippen LogP contribution is 2.39. The van der Waals surface area contributed by atoms with Gasteiger partial charge in [-0.1, -0.05) is 6.07 Å². The van der Waals surface area contributed by atoms with Crippen LogP contribution in [0.1, 0.15) is 41.7 Å². The number of pyridine rings is 2. The molecule has 2 heterocycles. The van der Waals surface area contributed by atoms with Crippen molar-refractivity contribution in [3.05, 3.63) is 59.4 Å². The number of aromatic nitrogens is 2. The van der Waals surface area contributed by atoms with Gasteiger partial charge in [0.2, 0.25) is 0 Å². The number of aliphatic hydroxyl groups excluding tert-OH is 1. The standard InChI is InChI=1S/C15H15FN2O/c16-13-9-17-8-6-11(13)15(19)12-5-1-3-10-4-2-7-18-14(10)12/h2,4,6-9,12,15,19H,1,3,5H2. The number of aliphatic hydroxyl groups is 1. The van der Waals surface area contributed by atoms with Gasteiger partial charge in [0.05, 0.1) is 12.3 Å². The zero-order valence-electron chi connectivity index (χ0n) is 10.5. The Balaban J connectivity index is 1.98. The Morgan fingerprint density at radius 2 is 2.21 bits per heavy atom. The van der Waals surface area contributed by atoms with Gasteiger partial charge in [-0.2, -0.15) is 0 Å². The average Bonchev–Trinajstić information content (AvgIpc) is 2.46. The summed E-state index contributed by atoms with van der Waals surface area (Å²) in [7, 11) is 0. The Bertz CT molecular complexity index is 588. The molecule has 19 heavy (non-hydrogen) atoms. The first-order chi connectivity index (χ1) is 9.27. The van der Waals surface area contributed by atoms with E-state index in [0.29, 0.717) is 5.56 Å². The fourth-order valence-corrected chi connectivity index (χ4v) is 2.80. The lowest BCUT2D eigenvalue weighted by molar-refractivity contribution is 0.129. The quantitative estimate of drug-likeness (QED) is 0.901.